The summed E-state index contributed by atoms with van der Waals surface area (Å²) in [4.78, 5) is 0. The van der Waals surface area contributed by atoms with Gasteiger partial charge in [0.2, 0.25) is 0 Å². The van der Waals surface area contributed by atoms with Crippen LogP contribution in [0.15, 0.2) is 0 Å². The van der Waals surface area contributed by atoms with Gasteiger partial charge >= 0.3 is 0 Å². The first-order valence-corrected chi connectivity index (χ1v) is 6.93. The lowest BCUT2D eigenvalue weighted by molar-refractivity contribution is 0.134. The van der Waals surface area contributed by atoms with Crippen LogP contribution >= 0.6 is 0 Å². The maximum absolute atomic E-state index is 5.96. The van der Waals surface area contributed by atoms with Crippen molar-refractivity contribution in [1.29, 1.82) is 0 Å². The smallest absolute Gasteiger partial charge is 0.00390 e. The van der Waals surface area contributed by atoms with Gasteiger partial charge in [0, 0.05) is 12.1 Å². The molecule has 0 amide bonds. The first-order valence-electron chi connectivity index (χ1n) is 6.93. The van der Waals surface area contributed by atoms with Gasteiger partial charge in [-0.1, -0.05) is 20.3 Å². The van der Waals surface area contributed by atoms with Crippen molar-refractivity contribution in [1.82, 2.24) is 0 Å². The molecule has 2 heteroatoms. The van der Waals surface area contributed by atoms with Gasteiger partial charge in [-0.15, -0.1) is 0 Å². The van der Waals surface area contributed by atoms with Gasteiger partial charge in [-0.05, 0) is 56.8 Å². The molecule has 0 saturated heterocycles. The lowest BCUT2D eigenvalue weighted by Gasteiger charge is -2.39. The van der Waals surface area contributed by atoms with Crippen LogP contribution in [0.4, 0.5) is 0 Å². The van der Waals surface area contributed by atoms with E-state index in [1.54, 1.807) is 0 Å². The molecule has 0 bridgehead atoms. The van der Waals surface area contributed by atoms with Crippen molar-refractivity contribution in [3.05, 3.63) is 0 Å². The Morgan fingerprint density at radius 1 is 1.19 bits per heavy atom. The van der Waals surface area contributed by atoms with E-state index in [1.807, 2.05) is 0 Å². The molecule has 1 aliphatic rings. The Labute approximate surface area is 101 Å². The van der Waals surface area contributed by atoms with Gasteiger partial charge in [0.05, 0.1) is 0 Å². The minimum absolute atomic E-state index is 0.357. The third kappa shape index (κ3) is 4.42. The van der Waals surface area contributed by atoms with Crippen LogP contribution < -0.4 is 11.5 Å². The lowest BCUT2D eigenvalue weighted by atomic mass is 9.68. The maximum Gasteiger partial charge on any atom is 0.00390 e. The molecule has 0 aromatic carbocycles. The van der Waals surface area contributed by atoms with Gasteiger partial charge < -0.3 is 11.5 Å². The molecule has 0 aromatic rings. The molecule has 0 aromatic heterocycles. The summed E-state index contributed by atoms with van der Waals surface area (Å²) in [7, 11) is 0. The monoisotopic (exact) mass is 226 g/mol. The van der Waals surface area contributed by atoms with Crippen LogP contribution in [0.25, 0.3) is 0 Å². The van der Waals surface area contributed by atoms with Gasteiger partial charge in [0.25, 0.3) is 0 Å². The standard InChI is InChI=1S/C14H30N2/c1-11(15)5-4-10-14(2,3)12-6-8-13(16)9-7-12/h11-13H,4-10,15-16H2,1-3H3/t11?,12-,13-. The maximum atomic E-state index is 5.96. The molecular weight excluding hydrogens is 196 g/mol. The molecule has 1 unspecified atom stereocenters. The summed E-state index contributed by atoms with van der Waals surface area (Å²) in [5.41, 5.74) is 12.2. The van der Waals surface area contributed by atoms with Crippen molar-refractivity contribution in [2.75, 3.05) is 0 Å². The van der Waals surface area contributed by atoms with Crippen molar-refractivity contribution in [3.8, 4) is 0 Å². The molecule has 0 heterocycles. The Kier molecular flexibility index (Phi) is 5.26. The summed E-state index contributed by atoms with van der Waals surface area (Å²) < 4.78 is 0. The van der Waals surface area contributed by atoms with Gasteiger partial charge in [-0.25, -0.2) is 0 Å². The molecule has 1 fully saturated rings. The van der Waals surface area contributed by atoms with E-state index in [0.29, 0.717) is 17.5 Å². The number of nitrogens with two attached hydrogens (primary N) is 2. The largest absolute Gasteiger partial charge is 0.328 e. The van der Waals surface area contributed by atoms with E-state index in [9.17, 15) is 0 Å². The van der Waals surface area contributed by atoms with E-state index < -0.39 is 0 Å². The minimum Gasteiger partial charge on any atom is -0.328 e. The average molecular weight is 226 g/mol. The third-order valence-electron chi connectivity index (χ3n) is 4.36. The Morgan fingerprint density at radius 2 is 1.75 bits per heavy atom. The summed E-state index contributed by atoms with van der Waals surface area (Å²) >= 11 is 0. The average Bonchev–Trinajstić information content (AvgIpc) is 2.17. The van der Waals surface area contributed by atoms with E-state index >= 15 is 0 Å². The number of rotatable bonds is 5. The molecule has 1 saturated carbocycles. The van der Waals surface area contributed by atoms with Crippen LogP contribution in [0.5, 0.6) is 0 Å². The van der Waals surface area contributed by atoms with Crippen molar-refractivity contribution in [2.45, 2.75) is 77.8 Å². The summed E-state index contributed by atoms with van der Waals surface area (Å²) in [5.74, 6) is 0.875. The zero-order chi connectivity index (χ0) is 12.2. The van der Waals surface area contributed by atoms with Gasteiger partial charge in [0.15, 0.2) is 0 Å². The van der Waals surface area contributed by atoms with Gasteiger partial charge in [-0.3, -0.25) is 0 Å². The Hall–Kier alpha value is -0.0800. The first kappa shape index (κ1) is 14.0. The van der Waals surface area contributed by atoms with E-state index in [2.05, 4.69) is 20.8 Å². The molecule has 0 spiro atoms. The molecule has 96 valence electrons. The summed E-state index contributed by atoms with van der Waals surface area (Å²) in [6, 6.07) is 0.826. The highest BCUT2D eigenvalue weighted by atomic mass is 14.6. The van der Waals surface area contributed by atoms with Crippen LogP contribution in [-0.2, 0) is 0 Å². The van der Waals surface area contributed by atoms with Crippen molar-refractivity contribution < 1.29 is 0 Å². The van der Waals surface area contributed by atoms with Gasteiger partial charge in [0.1, 0.15) is 0 Å². The zero-order valence-electron chi connectivity index (χ0n) is 11.3. The molecule has 0 radical (unpaired) electrons. The quantitative estimate of drug-likeness (QED) is 0.757. The van der Waals surface area contributed by atoms with Crippen LogP contribution in [0.1, 0.15) is 65.7 Å². The molecular formula is C14H30N2. The SMILES string of the molecule is CC(N)CCCC(C)(C)[C@H]1CC[C@H](N)CC1. The van der Waals surface area contributed by atoms with Crippen molar-refractivity contribution >= 4 is 0 Å². The van der Waals surface area contributed by atoms with Gasteiger partial charge in [-0.2, -0.15) is 0 Å². The molecule has 1 atom stereocenters. The Morgan fingerprint density at radius 3 is 2.25 bits per heavy atom. The van der Waals surface area contributed by atoms with E-state index in [-0.39, 0.29) is 0 Å². The van der Waals surface area contributed by atoms with Crippen LogP contribution in [0, 0.1) is 11.3 Å². The molecule has 0 aliphatic heterocycles. The highest BCUT2D eigenvalue weighted by Gasteiger charge is 2.31. The second-order valence-corrected chi connectivity index (χ2v) is 6.47. The summed E-state index contributed by atoms with van der Waals surface area (Å²) in [5, 5.41) is 0. The topological polar surface area (TPSA) is 52.0 Å². The van der Waals surface area contributed by atoms with Crippen molar-refractivity contribution in [2.24, 2.45) is 22.8 Å². The summed E-state index contributed by atoms with van der Waals surface area (Å²) in [6.45, 7) is 6.96. The number of hydrogen-bond acceptors (Lipinski definition) is 2. The predicted octanol–water partition coefficient (Wildman–Crippen LogP) is 3.05. The Balaban J connectivity index is 2.32. The minimum atomic E-state index is 0.357. The van der Waals surface area contributed by atoms with E-state index in [0.717, 1.165) is 12.3 Å². The summed E-state index contributed by atoms with van der Waals surface area (Å²) in [6.07, 6.45) is 8.85. The number of hydrogen-bond donors (Lipinski definition) is 2. The normalized spacial score (nSPS) is 29.1. The highest BCUT2D eigenvalue weighted by Crippen LogP contribution is 2.41. The fourth-order valence-electron chi connectivity index (χ4n) is 2.98. The van der Waals surface area contributed by atoms with Crippen molar-refractivity contribution in [3.63, 3.8) is 0 Å². The lowest BCUT2D eigenvalue weighted by Crippen LogP contribution is -2.33. The predicted molar refractivity (Wildman–Crippen MR) is 71.2 cm³/mol. The van der Waals surface area contributed by atoms with Crippen LogP contribution in [0.2, 0.25) is 0 Å². The molecule has 1 rings (SSSR count). The first-order chi connectivity index (χ1) is 7.42. The van der Waals surface area contributed by atoms with E-state index in [1.165, 1.54) is 38.5 Å². The second-order valence-electron chi connectivity index (χ2n) is 6.47. The van der Waals surface area contributed by atoms with Crippen LogP contribution in [-0.4, -0.2) is 12.1 Å². The zero-order valence-corrected chi connectivity index (χ0v) is 11.3. The fraction of sp³-hybridized carbons (Fsp3) is 1.00. The molecule has 1 aliphatic carbocycles. The molecule has 2 nitrogen and oxygen atoms in total. The third-order valence-corrected chi connectivity index (χ3v) is 4.36. The second kappa shape index (κ2) is 6.02. The molecule has 16 heavy (non-hydrogen) atoms. The molecule has 4 N–H and O–H groups in total. The van der Waals surface area contributed by atoms with E-state index in [4.69, 9.17) is 11.5 Å². The fourth-order valence-corrected chi connectivity index (χ4v) is 2.98. The van der Waals surface area contributed by atoms with Crippen LogP contribution in [0.3, 0.4) is 0 Å². The Bertz CT molecular complexity index is 191. The highest BCUT2D eigenvalue weighted by molar-refractivity contribution is 4.84.